The van der Waals surface area contributed by atoms with Gasteiger partial charge in [0.25, 0.3) is 0 Å². The Morgan fingerprint density at radius 3 is 2.44 bits per heavy atom. The Bertz CT molecular complexity index is 520. The van der Waals surface area contributed by atoms with Crippen molar-refractivity contribution in [2.75, 3.05) is 0 Å². The second-order valence-corrected chi connectivity index (χ2v) is 4.23. The molecule has 0 heterocycles. The zero-order valence-electron chi connectivity index (χ0n) is 10.2. The Morgan fingerprint density at radius 2 is 1.72 bits per heavy atom. The van der Waals surface area contributed by atoms with Crippen LogP contribution >= 0.6 is 0 Å². The van der Waals surface area contributed by atoms with E-state index in [0.29, 0.717) is 6.42 Å². The third-order valence-electron chi connectivity index (χ3n) is 2.76. The van der Waals surface area contributed by atoms with Crippen LogP contribution in [-0.2, 0) is 11.2 Å². The molecule has 0 spiro atoms. The molecule has 0 aliphatic rings. The molecule has 0 atom stereocenters. The quantitative estimate of drug-likeness (QED) is 0.855. The van der Waals surface area contributed by atoms with Crippen LogP contribution in [0.25, 0.3) is 11.1 Å². The van der Waals surface area contributed by atoms with Crippen LogP contribution in [0.1, 0.15) is 12.0 Å². The van der Waals surface area contributed by atoms with Crippen molar-refractivity contribution >= 4 is 5.91 Å². The van der Waals surface area contributed by atoms with Gasteiger partial charge in [-0.2, -0.15) is 0 Å². The van der Waals surface area contributed by atoms with E-state index in [1.165, 1.54) is 16.7 Å². The molecule has 0 saturated heterocycles. The fourth-order valence-electron chi connectivity index (χ4n) is 1.89. The van der Waals surface area contributed by atoms with Crippen molar-refractivity contribution in [2.45, 2.75) is 12.8 Å². The van der Waals surface area contributed by atoms with Crippen molar-refractivity contribution in [3.8, 4) is 11.1 Å². The smallest absolute Gasteiger partial charge is 0.217 e. The summed E-state index contributed by atoms with van der Waals surface area (Å²) < 4.78 is 0. The third-order valence-corrected chi connectivity index (χ3v) is 2.76. The molecule has 18 heavy (non-hydrogen) atoms. The van der Waals surface area contributed by atoms with Crippen LogP contribution < -0.4 is 5.73 Å². The van der Waals surface area contributed by atoms with Crippen LogP contribution in [-0.4, -0.2) is 5.91 Å². The van der Waals surface area contributed by atoms with E-state index < -0.39 is 0 Å². The van der Waals surface area contributed by atoms with Gasteiger partial charge in [-0.3, -0.25) is 4.79 Å². The van der Waals surface area contributed by atoms with E-state index in [1.54, 1.807) is 0 Å². The molecule has 91 valence electrons. The number of hydrogen-bond acceptors (Lipinski definition) is 1. The van der Waals surface area contributed by atoms with Crippen LogP contribution in [0, 0.1) is 6.42 Å². The topological polar surface area (TPSA) is 43.1 Å². The summed E-state index contributed by atoms with van der Waals surface area (Å²) in [5, 5.41) is 0. The molecule has 2 N–H and O–H groups in total. The Kier molecular flexibility index (Phi) is 4.13. The molecule has 1 amide bonds. The summed E-state index contributed by atoms with van der Waals surface area (Å²) in [6.07, 6.45) is 3.01. The van der Waals surface area contributed by atoms with E-state index in [-0.39, 0.29) is 5.91 Å². The molecule has 0 fully saturated rings. The van der Waals surface area contributed by atoms with Gasteiger partial charge in [0.05, 0.1) is 0 Å². The number of rotatable bonds is 5. The Hall–Kier alpha value is -2.09. The van der Waals surface area contributed by atoms with Gasteiger partial charge in [-0.15, -0.1) is 0 Å². The number of benzene rings is 2. The van der Waals surface area contributed by atoms with Gasteiger partial charge in [0.1, 0.15) is 0 Å². The highest BCUT2D eigenvalue weighted by molar-refractivity contribution is 5.75. The van der Waals surface area contributed by atoms with Gasteiger partial charge >= 0.3 is 0 Å². The van der Waals surface area contributed by atoms with E-state index in [2.05, 4.69) is 30.3 Å². The molecule has 0 saturated carbocycles. The summed E-state index contributed by atoms with van der Waals surface area (Å²) in [4.78, 5) is 10.7. The van der Waals surface area contributed by atoms with Gasteiger partial charge in [-0.1, -0.05) is 54.6 Å². The Morgan fingerprint density at radius 1 is 1.00 bits per heavy atom. The van der Waals surface area contributed by atoms with Gasteiger partial charge in [0, 0.05) is 6.42 Å². The first kappa shape index (κ1) is 12.4. The highest BCUT2D eigenvalue weighted by atomic mass is 16.1. The summed E-state index contributed by atoms with van der Waals surface area (Å²) in [7, 11) is 0. The minimum atomic E-state index is -0.283. The van der Waals surface area contributed by atoms with Gasteiger partial charge in [0.2, 0.25) is 5.91 Å². The van der Waals surface area contributed by atoms with Crippen molar-refractivity contribution in [1.82, 2.24) is 0 Å². The lowest BCUT2D eigenvalue weighted by Crippen LogP contribution is -2.10. The number of primary amides is 1. The third kappa shape index (κ3) is 3.45. The second kappa shape index (κ2) is 6.01. The van der Waals surface area contributed by atoms with Gasteiger partial charge in [-0.25, -0.2) is 0 Å². The minimum absolute atomic E-state index is 0.283. The fraction of sp³-hybridized carbons (Fsp3) is 0.125. The maximum Gasteiger partial charge on any atom is 0.217 e. The molecule has 2 aromatic rings. The molecular formula is C16H16NO. The first-order chi connectivity index (χ1) is 8.75. The lowest BCUT2D eigenvalue weighted by molar-refractivity contribution is -0.117. The largest absolute Gasteiger partial charge is 0.370 e. The lowest BCUT2D eigenvalue weighted by Gasteiger charge is -2.05. The maximum atomic E-state index is 10.7. The number of carbonyl (C=O) groups is 1. The van der Waals surface area contributed by atoms with Crippen molar-refractivity contribution < 1.29 is 4.79 Å². The van der Waals surface area contributed by atoms with Crippen molar-refractivity contribution in [1.29, 1.82) is 0 Å². The van der Waals surface area contributed by atoms with Crippen LogP contribution in [0.5, 0.6) is 0 Å². The Balaban J connectivity index is 2.08. The molecular weight excluding hydrogens is 222 g/mol. The van der Waals surface area contributed by atoms with Crippen molar-refractivity contribution in [3.05, 3.63) is 66.6 Å². The zero-order chi connectivity index (χ0) is 12.8. The van der Waals surface area contributed by atoms with E-state index in [0.717, 1.165) is 6.42 Å². The highest BCUT2D eigenvalue weighted by Gasteiger charge is 2.00. The highest BCUT2D eigenvalue weighted by Crippen LogP contribution is 2.20. The molecule has 0 unspecified atom stereocenters. The van der Waals surface area contributed by atoms with E-state index in [1.807, 2.05) is 30.7 Å². The summed E-state index contributed by atoms with van der Waals surface area (Å²) in [5.74, 6) is -0.283. The number of nitrogens with two attached hydrogens (primary N) is 1. The van der Waals surface area contributed by atoms with E-state index in [9.17, 15) is 4.79 Å². The second-order valence-electron chi connectivity index (χ2n) is 4.23. The first-order valence-electron chi connectivity index (χ1n) is 6.00. The SMILES string of the molecule is NC(=O)C[CH]Cc1cccc(-c2ccccc2)c1. The molecule has 2 heteroatoms. The summed E-state index contributed by atoms with van der Waals surface area (Å²) >= 11 is 0. The maximum absolute atomic E-state index is 10.7. The van der Waals surface area contributed by atoms with Crippen LogP contribution in [0.4, 0.5) is 0 Å². The van der Waals surface area contributed by atoms with Crippen LogP contribution in [0.2, 0.25) is 0 Å². The predicted octanol–water partition coefficient (Wildman–Crippen LogP) is 2.98. The standard InChI is InChI=1S/C16H16NO/c17-16(18)11-5-7-13-6-4-10-15(12-13)14-8-2-1-3-9-14/h1-6,8-10,12H,7,11H2,(H2,17,18). The average Bonchev–Trinajstić information content (AvgIpc) is 2.40. The summed E-state index contributed by atoms with van der Waals surface area (Å²) in [6.45, 7) is 0. The molecule has 0 aromatic heterocycles. The van der Waals surface area contributed by atoms with Crippen LogP contribution in [0.3, 0.4) is 0 Å². The molecule has 2 aromatic carbocycles. The molecule has 0 bridgehead atoms. The van der Waals surface area contributed by atoms with Gasteiger partial charge in [-0.05, 0) is 29.5 Å². The fourth-order valence-corrected chi connectivity index (χ4v) is 1.89. The van der Waals surface area contributed by atoms with Crippen molar-refractivity contribution in [3.63, 3.8) is 0 Å². The Labute approximate surface area is 107 Å². The first-order valence-corrected chi connectivity index (χ1v) is 6.00. The molecule has 0 aliphatic heterocycles. The summed E-state index contributed by atoms with van der Waals surface area (Å²) in [6, 6.07) is 18.6. The number of carbonyl (C=O) groups excluding carboxylic acids is 1. The zero-order valence-corrected chi connectivity index (χ0v) is 10.2. The van der Waals surface area contributed by atoms with E-state index in [4.69, 9.17) is 5.73 Å². The lowest BCUT2D eigenvalue weighted by atomic mass is 10.0. The minimum Gasteiger partial charge on any atom is -0.370 e. The normalized spacial score (nSPS) is 10.2. The number of hydrogen-bond donors (Lipinski definition) is 1. The molecule has 1 radical (unpaired) electrons. The number of amides is 1. The van der Waals surface area contributed by atoms with Crippen LogP contribution in [0.15, 0.2) is 54.6 Å². The molecule has 2 rings (SSSR count). The summed E-state index contributed by atoms with van der Waals surface area (Å²) in [5.41, 5.74) is 8.70. The molecule has 2 nitrogen and oxygen atoms in total. The molecule has 0 aliphatic carbocycles. The average molecular weight is 238 g/mol. The monoisotopic (exact) mass is 238 g/mol. The van der Waals surface area contributed by atoms with Gasteiger partial charge < -0.3 is 5.73 Å². The predicted molar refractivity (Wildman–Crippen MR) is 73.7 cm³/mol. The van der Waals surface area contributed by atoms with Crippen molar-refractivity contribution in [2.24, 2.45) is 5.73 Å². The van der Waals surface area contributed by atoms with E-state index >= 15 is 0 Å². The van der Waals surface area contributed by atoms with Gasteiger partial charge in [0.15, 0.2) is 0 Å².